The van der Waals surface area contributed by atoms with E-state index in [1.807, 2.05) is 24.3 Å². The van der Waals surface area contributed by atoms with E-state index in [1.54, 1.807) is 13.0 Å². The Hall–Kier alpha value is -2.07. The van der Waals surface area contributed by atoms with Crippen molar-refractivity contribution in [3.63, 3.8) is 0 Å². The van der Waals surface area contributed by atoms with Gasteiger partial charge in [-0.1, -0.05) is 29.8 Å². The molecule has 5 heteroatoms. The summed E-state index contributed by atoms with van der Waals surface area (Å²) in [5.74, 6) is -0.360. The molecule has 0 saturated heterocycles. The number of halogens is 2. The number of ether oxygens (including phenoxy) is 1. The molecular formula is C17H15ClFNO2. The third-order valence-electron chi connectivity index (χ3n) is 3.77. The van der Waals surface area contributed by atoms with Crippen molar-refractivity contribution in [3.05, 3.63) is 63.9 Å². The van der Waals surface area contributed by atoms with Crippen molar-refractivity contribution in [3.8, 4) is 0 Å². The average Bonchev–Trinajstić information content (AvgIpc) is 2.69. The van der Waals surface area contributed by atoms with E-state index >= 15 is 0 Å². The summed E-state index contributed by atoms with van der Waals surface area (Å²) in [7, 11) is 0. The number of carbonyl (C=O) groups is 1. The number of hydrogen-bond acceptors (Lipinski definition) is 2. The monoisotopic (exact) mass is 319 g/mol. The molecule has 1 aliphatic rings. The first kappa shape index (κ1) is 14.9. The van der Waals surface area contributed by atoms with Crippen LogP contribution in [0.5, 0.6) is 0 Å². The molecular weight excluding hydrogens is 305 g/mol. The van der Waals surface area contributed by atoms with Crippen molar-refractivity contribution in [1.82, 2.24) is 0 Å². The Morgan fingerprint density at radius 1 is 1.27 bits per heavy atom. The number of amides is 1. The number of rotatable bonds is 1. The van der Waals surface area contributed by atoms with E-state index in [0.717, 1.165) is 16.8 Å². The smallest absolute Gasteiger partial charge is 0.414 e. The summed E-state index contributed by atoms with van der Waals surface area (Å²) in [6.45, 7) is 2.12. The largest absolute Gasteiger partial charge is 0.449 e. The molecule has 1 aliphatic heterocycles. The third kappa shape index (κ3) is 2.55. The van der Waals surface area contributed by atoms with Gasteiger partial charge in [0.05, 0.1) is 18.8 Å². The van der Waals surface area contributed by atoms with Crippen LogP contribution in [0.1, 0.15) is 23.6 Å². The lowest BCUT2D eigenvalue weighted by Crippen LogP contribution is -2.31. The first-order valence-corrected chi connectivity index (χ1v) is 7.47. The van der Waals surface area contributed by atoms with E-state index < -0.39 is 6.09 Å². The average molecular weight is 320 g/mol. The minimum absolute atomic E-state index is 0.109. The zero-order chi connectivity index (χ0) is 15.7. The fourth-order valence-corrected chi connectivity index (χ4v) is 2.96. The van der Waals surface area contributed by atoms with E-state index in [9.17, 15) is 9.18 Å². The van der Waals surface area contributed by atoms with Gasteiger partial charge in [0.2, 0.25) is 0 Å². The molecule has 0 saturated carbocycles. The van der Waals surface area contributed by atoms with Crippen LogP contribution < -0.4 is 4.90 Å². The van der Waals surface area contributed by atoms with Crippen LogP contribution in [0, 0.1) is 5.82 Å². The summed E-state index contributed by atoms with van der Waals surface area (Å²) in [5, 5.41) is 0.511. The maximum atomic E-state index is 14.2. The fourth-order valence-electron chi connectivity index (χ4n) is 2.72. The number of nitrogens with zero attached hydrogens (tertiary/aromatic N) is 1. The highest BCUT2D eigenvalue weighted by Crippen LogP contribution is 2.35. The standard InChI is InChI=1S/C17H15ClFNO2/c1-2-22-17(21)20-10-13-12(14(18)7-8-15(13)19)9-11-5-3-4-6-16(11)20/h3-8H,2,9-10H2,1H3. The van der Waals surface area contributed by atoms with Gasteiger partial charge in [0, 0.05) is 17.0 Å². The molecule has 22 heavy (non-hydrogen) atoms. The number of benzene rings is 2. The molecule has 2 aromatic rings. The Balaban J connectivity index is 2.16. The number of hydrogen-bond donors (Lipinski definition) is 0. The highest BCUT2D eigenvalue weighted by Gasteiger charge is 2.27. The second-order valence-electron chi connectivity index (χ2n) is 5.08. The van der Waals surface area contributed by atoms with Gasteiger partial charge in [-0.25, -0.2) is 9.18 Å². The molecule has 1 amide bonds. The van der Waals surface area contributed by atoms with Gasteiger partial charge in [-0.05, 0) is 36.2 Å². The molecule has 3 nitrogen and oxygen atoms in total. The van der Waals surface area contributed by atoms with Crippen LogP contribution >= 0.6 is 11.6 Å². The highest BCUT2D eigenvalue weighted by molar-refractivity contribution is 6.31. The maximum absolute atomic E-state index is 14.2. The Morgan fingerprint density at radius 2 is 2.05 bits per heavy atom. The topological polar surface area (TPSA) is 29.5 Å². The number of carbonyl (C=O) groups excluding carboxylic acids is 1. The van der Waals surface area contributed by atoms with Gasteiger partial charge in [0.1, 0.15) is 5.82 Å². The first-order valence-electron chi connectivity index (χ1n) is 7.09. The molecule has 2 aromatic carbocycles. The van der Waals surface area contributed by atoms with Gasteiger partial charge in [0.15, 0.2) is 0 Å². The van der Waals surface area contributed by atoms with Crippen molar-refractivity contribution < 1.29 is 13.9 Å². The molecule has 0 unspecified atom stereocenters. The summed E-state index contributed by atoms with van der Waals surface area (Å²) < 4.78 is 19.4. The summed E-state index contributed by atoms with van der Waals surface area (Å²) in [6, 6.07) is 10.4. The quantitative estimate of drug-likeness (QED) is 0.772. The lowest BCUT2D eigenvalue weighted by Gasteiger charge is -2.22. The molecule has 0 atom stereocenters. The normalized spacial score (nSPS) is 13.1. The van der Waals surface area contributed by atoms with Gasteiger partial charge < -0.3 is 4.74 Å². The zero-order valence-corrected chi connectivity index (χ0v) is 12.9. The fraction of sp³-hybridized carbons (Fsp3) is 0.235. The maximum Gasteiger partial charge on any atom is 0.414 e. The van der Waals surface area contributed by atoms with Gasteiger partial charge in [-0.15, -0.1) is 0 Å². The lowest BCUT2D eigenvalue weighted by atomic mass is 10.0. The van der Waals surface area contributed by atoms with Crippen LogP contribution in [-0.4, -0.2) is 12.7 Å². The minimum atomic E-state index is -0.484. The Bertz CT molecular complexity index is 733. The van der Waals surface area contributed by atoms with E-state index in [1.165, 1.54) is 11.0 Å². The van der Waals surface area contributed by atoms with Crippen LogP contribution in [0.2, 0.25) is 5.02 Å². The molecule has 0 spiro atoms. The van der Waals surface area contributed by atoms with Crippen molar-refractivity contribution in [2.75, 3.05) is 11.5 Å². The summed E-state index contributed by atoms with van der Waals surface area (Å²) in [6.07, 6.45) is 0.0000352. The van der Waals surface area contributed by atoms with Gasteiger partial charge in [-0.2, -0.15) is 0 Å². The van der Waals surface area contributed by atoms with Gasteiger partial charge >= 0.3 is 6.09 Å². The molecule has 0 bridgehead atoms. The summed E-state index contributed by atoms with van der Waals surface area (Å²) >= 11 is 6.24. The lowest BCUT2D eigenvalue weighted by molar-refractivity contribution is 0.159. The van der Waals surface area contributed by atoms with Crippen LogP contribution in [0.25, 0.3) is 0 Å². The van der Waals surface area contributed by atoms with Crippen LogP contribution in [-0.2, 0) is 17.7 Å². The number of anilines is 1. The van der Waals surface area contributed by atoms with Crippen molar-refractivity contribution in [2.45, 2.75) is 19.9 Å². The van der Waals surface area contributed by atoms with E-state index in [4.69, 9.17) is 16.3 Å². The van der Waals surface area contributed by atoms with Gasteiger partial charge in [0.25, 0.3) is 0 Å². The minimum Gasteiger partial charge on any atom is -0.449 e. The molecule has 114 valence electrons. The molecule has 0 aliphatic carbocycles. The third-order valence-corrected chi connectivity index (χ3v) is 4.13. The van der Waals surface area contributed by atoms with E-state index in [0.29, 0.717) is 17.0 Å². The van der Waals surface area contributed by atoms with Crippen molar-refractivity contribution >= 4 is 23.4 Å². The Morgan fingerprint density at radius 3 is 2.82 bits per heavy atom. The molecule has 0 fully saturated rings. The van der Waals surface area contributed by atoms with Crippen molar-refractivity contribution in [2.24, 2.45) is 0 Å². The number of fused-ring (bicyclic) bond motifs is 2. The predicted octanol–water partition coefficient (Wildman–Crippen LogP) is 4.55. The van der Waals surface area contributed by atoms with Gasteiger partial charge in [-0.3, -0.25) is 4.90 Å². The molecule has 0 radical (unpaired) electrons. The predicted molar refractivity (Wildman–Crippen MR) is 83.9 cm³/mol. The molecule has 0 aromatic heterocycles. The molecule has 3 rings (SSSR count). The number of para-hydroxylation sites is 1. The van der Waals surface area contributed by atoms with Crippen molar-refractivity contribution in [1.29, 1.82) is 0 Å². The summed E-state index contributed by atoms with van der Waals surface area (Å²) in [4.78, 5) is 13.7. The van der Waals surface area contributed by atoms with E-state index in [2.05, 4.69) is 0 Å². The van der Waals surface area contributed by atoms with Crippen LogP contribution in [0.15, 0.2) is 36.4 Å². The highest BCUT2D eigenvalue weighted by atomic mass is 35.5. The first-order chi connectivity index (χ1) is 10.6. The Kier molecular flexibility index (Phi) is 4.03. The van der Waals surface area contributed by atoms with Crippen LogP contribution in [0.4, 0.5) is 14.9 Å². The second-order valence-corrected chi connectivity index (χ2v) is 5.48. The van der Waals surface area contributed by atoms with Crippen LogP contribution in [0.3, 0.4) is 0 Å². The summed E-state index contributed by atoms with van der Waals surface area (Å²) in [5.41, 5.74) is 2.81. The SMILES string of the molecule is CCOC(=O)N1Cc2c(F)ccc(Cl)c2Cc2ccccc21. The zero-order valence-electron chi connectivity index (χ0n) is 12.1. The Labute approximate surface area is 133 Å². The molecule has 0 N–H and O–H groups in total. The second kappa shape index (κ2) is 5.97. The van der Waals surface area contributed by atoms with E-state index in [-0.39, 0.29) is 19.0 Å². The molecule has 1 heterocycles.